The first-order valence-electron chi connectivity index (χ1n) is 4.85. The summed E-state index contributed by atoms with van der Waals surface area (Å²) in [4.78, 5) is 7.46. The van der Waals surface area contributed by atoms with Crippen molar-refractivity contribution in [2.45, 2.75) is 4.90 Å². The Balaban J connectivity index is 2.33. The first-order valence-corrected chi connectivity index (χ1v) is 7.88. The number of nitrogens with zero attached hydrogens (tertiary/aromatic N) is 2. The third-order valence-corrected chi connectivity index (χ3v) is 4.29. The standard InChI is InChI=1S/C10H6BrCl2N3O2S/c11-6-1-3-7(4-2-6)19(17,18)16-9-5-8(12)14-10(13)15-9/h1-5H,(H,14,15,16). The van der Waals surface area contributed by atoms with Gasteiger partial charge in [-0.3, -0.25) is 4.72 Å². The van der Waals surface area contributed by atoms with E-state index in [2.05, 4.69) is 30.6 Å². The largest absolute Gasteiger partial charge is 0.263 e. The molecule has 0 saturated heterocycles. The monoisotopic (exact) mass is 381 g/mol. The molecule has 1 aromatic carbocycles. The molecule has 1 aromatic heterocycles. The molecule has 0 bridgehead atoms. The van der Waals surface area contributed by atoms with E-state index >= 15 is 0 Å². The first kappa shape index (κ1) is 14.5. The number of hydrogen-bond acceptors (Lipinski definition) is 4. The van der Waals surface area contributed by atoms with Crippen LogP contribution >= 0.6 is 39.1 Å². The number of rotatable bonds is 3. The van der Waals surface area contributed by atoms with Crippen LogP contribution in [0.1, 0.15) is 0 Å². The lowest BCUT2D eigenvalue weighted by Gasteiger charge is -2.07. The van der Waals surface area contributed by atoms with Crippen LogP contribution in [0, 0.1) is 0 Å². The van der Waals surface area contributed by atoms with Gasteiger partial charge in [-0.1, -0.05) is 27.5 Å². The SMILES string of the molecule is O=S(=O)(Nc1cc(Cl)nc(Cl)n1)c1ccc(Br)cc1. The van der Waals surface area contributed by atoms with E-state index in [9.17, 15) is 8.42 Å². The van der Waals surface area contributed by atoms with Crippen molar-refractivity contribution in [3.05, 3.63) is 45.2 Å². The van der Waals surface area contributed by atoms with Crippen molar-refractivity contribution in [1.82, 2.24) is 9.97 Å². The lowest BCUT2D eigenvalue weighted by Crippen LogP contribution is -2.14. The molecule has 2 rings (SSSR count). The normalized spacial score (nSPS) is 11.3. The molecule has 0 atom stereocenters. The molecule has 1 heterocycles. The average molecular weight is 383 g/mol. The fourth-order valence-corrected chi connectivity index (χ4v) is 2.92. The highest BCUT2D eigenvalue weighted by atomic mass is 79.9. The highest BCUT2D eigenvalue weighted by Gasteiger charge is 2.15. The number of benzene rings is 1. The maximum absolute atomic E-state index is 12.1. The summed E-state index contributed by atoms with van der Waals surface area (Å²) in [5.41, 5.74) is 0. The maximum atomic E-state index is 12.1. The smallest absolute Gasteiger partial charge is 0.263 e. The van der Waals surface area contributed by atoms with Crippen LogP contribution in [0.15, 0.2) is 39.7 Å². The van der Waals surface area contributed by atoms with Crippen molar-refractivity contribution in [1.29, 1.82) is 0 Å². The summed E-state index contributed by atoms with van der Waals surface area (Å²) in [5, 5.41) is -0.0884. The van der Waals surface area contributed by atoms with Crippen LogP contribution in [0.3, 0.4) is 0 Å². The van der Waals surface area contributed by atoms with Gasteiger partial charge in [-0.15, -0.1) is 0 Å². The fourth-order valence-electron chi connectivity index (χ4n) is 1.25. The lowest BCUT2D eigenvalue weighted by atomic mass is 10.4. The van der Waals surface area contributed by atoms with Crippen molar-refractivity contribution >= 4 is 55.0 Å². The van der Waals surface area contributed by atoms with Gasteiger partial charge in [-0.25, -0.2) is 13.4 Å². The van der Waals surface area contributed by atoms with Gasteiger partial charge in [0.25, 0.3) is 10.0 Å². The summed E-state index contributed by atoms with van der Waals surface area (Å²) in [7, 11) is -3.74. The van der Waals surface area contributed by atoms with Crippen molar-refractivity contribution in [3.8, 4) is 0 Å². The summed E-state index contributed by atoms with van der Waals surface area (Å²) in [5.74, 6) is 0.00733. The van der Waals surface area contributed by atoms with E-state index in [1.54, 1.807) is 12.1 Å². The molecule has 2 aromatic rings. The third kappa shape index (κ3) is 3.79. The average Bonchev–Trinajstić information content (AvgIpc) is 2.27. The minimum atomic E-state index is -3.74. The van der Waals surface area contributed by atoms with Gasteiger partial charge in [-0.05, 0) is 35.9 Å². The van der Waals surface area contributed by atoms with Gasteiger partial charge in [0.2, 0.25) is 5.28 Å². The number of nitrogens with one attached hydrogen (secondary N) is 1. The van der Waals surface area contributed by atoms with E-state index in [0.29, 0.717) is 0 Å². The summed E-state index contributed by atoms with van der Waals surface area (Å²) >= 11 is 14.5. The van der Waals surface area contributed by atoms with Gasteiger partial charge >= 0.3 is 0 Å². The van der Waals surface area contributed by atoms with Crippen LogP contribution in [0.5, 0.6) is 0 Å². The van der Waals surface area contributed by atoms with Gasteiger partial charge < -0.3 is 0 Å². The van der Waals surface area contributed by atoms with Gasteiger partial charge in [-0.2, -0.15) is 4.98 Å². The molecular formula is C10H6BrCl2N3O2S. The van der Waals surface area contributed by atoms with E-state index in [0.717, 1.165) is 4.47 Å². The van der Waals surface area contributed by atoms with Gasteiger partial charge in [0.15, 0.2) is 0 Å². The third-order valence-electron chi connectivity index (χ3n) is 2.03. The molecule has 19 heavy (non-hydrogen) atoms. The second-order valence-electron chi connectivity index (χ2n) is 3.40. The molecule has 1 N–H and O–H groups in total. The summed E-state index contributed by atoms with van der Waals surface area (Å²) in [6, 6.07) is 7.42. The van der Waals surface area contributed by atoms with Crippen molar-refractivity contribution in [2.24, 2.45) is 0 Å². The summed E-state index contributed by atoms with van der Waals surface area (Å²) < 4.78 is 27.2. The predicted octanol–water partition coefficient (Wildman–Crippen LogP) is 3.35. The van der Waals surface area contributed by atoms with Crippen molar-refractivity contribution in [3.63, 3.8) is 0 Å². The van der Waals surface area contributed by atoms with Crippen LogP contribution in [-0.2, 0) is 10.0 Å². The Bertz CT molecular complexity index is 687. The van der Waals surface area contributed by atoms with Crippen LogP contribution in [-0.4, -0.2) is 18.4 Å². The summed E-state index contributed by atoms with van der Waals surface area (Å²) in [6.07, 6.45) is 0. The van der Waals surface area contributed by atoms with Gasteiger partial charge in [0.05, 0.1) is 4.90 Å². The van der Waals surface area contributed by atoms with Crippen LogP contribution in [0.2, 0.25) is 10.4 Å². The van der Waals surface area contributed by atoms with E-state index in [1.807, 2.05) is 0 Å². The Hall–Kier alpha value is -0.890. The molecular weight excluding hydrogens is 377 g/mol. The van der Waals surface area contributed by atoms with Crippen LogP contribution in [0.4, 0.5) is 5.82 Å². The molecule has 0 aliphatic rings. The molecule has 0 fully saturated rings. The van der Waals surface area contributed by atoms with Crippen LogP contribution in [0.25, 0.3) is 0 Å². The second kappa shape index (κ2) is 5.62. The Morgan fingerprint density at radius 1 is 1.11 bits per heavy atom. The first-order chi connectivity index (χ1) is 8.87. The zero-order valence-corrected chi connectivity index (χ0v) is 13.1. The molecule has 0 aliphatic heterocycles. The molecule has 0 spiro atoms. The molecule has 9 heteroatoms. The molecule has 5 nitrogen and oxygen atoms in total. The number of hydrogen-bond donors (Lipinski definition) is 1. The molecule has 100 valence electrons. The fraction of sp³-hybridized carbons (Fsp3) is 0. The Morgan fingerprint density at radius 3 is 2.32 bits per heavy atom. The highest BCUT2D eigenvalue weighted by molar-refractivity contribution is 9.10. The zero-order chi connectivity index (χ0) is 14.0. The van der Waals surface area contributed by atoms with Gasteiger partial charge in [0.1, 0.15) is 11.0 Å². The molecule has 0 radical (unpaired) electrons. The predicted molar refractivity (Wildman–Crippen MR) is 77.0 cm³/mol. The highest BCUT2D eigenvalue weighted by Crippen LogP contribution is 2.20. The Morgan fingerprint density at radius 2 is 1.74 bits per heavy atom. The zero-order valence-electron chi connectivity index (χ0n) is 9.14. The minimum absolute atomic E-state index is 0.00733. The minimum Gasteiger partial charge on any atom is -0.263 e. The number of anilines is 1. The molecule has 0 unspecified atom stereocenters. The topological polar surface area (TPSA) is 72.0 Å². The number of sulfonamides is 1. The van der Waals surface area contributed by atoms with E-state index in [1.165, 1.54) is 18.2 Å². The van der Waals surface area contributed by atoms with E-state index in [4.69, 9.17) is 23.2 Å². The molecule has 0 amide bonds. The summed E-state index contributed by atoms with van der Waals surface area (Å²) in [6.45, 7) is 0. The maximum Gasteiger partial charge on any atom is 0.263 e. The number of aromatic nitrogens is 2. The second-order valence-corrected chi connectivity index (χ2v) is 6.73. The van der Waals surface area contributed by atoms with E-state index < -0.39 is 10.0 Å². The quantitative estimate of drug-likeness (QED) is 0.652. The molecule has 0 saturated carbocycles. The number of halogens is 3. The Labute approximate surface area is 128 Å². The van der Waals surface area contributed by atoms with E-state index in [-0.39, 0.29) is 21.2 Å². The van der Waals surface area contributed by atoms with Crippen LogP contribution < -0.4 is 4.72 Å². The molecule has 0 aliphatic carbocycles. The van der Waals surface area contributed by atoms with Crippen molar-refractivity contribution in [2.75, 3.05) is 4.72 Å². The lowest BCUT2D eigenvalue weighted by molar-refractivity contribution is 0.601. The van der Waals surface area contributed by atoms with Gasteiger partial charge in [0, 0.05) is 10.5 Å². The Kier molecular flexibility index (Phi) is 4.29. The van der Waals surface area contributed by atoms with Crippen molar-refractivity contribution < 1.29 is 8.42 Å².